The standard InChI is InChI=1S/C10H12O2S/c1-8-7-10(8)13(11,12)9-5-3-2-4-6-9/h2-6,8,10H,7H2,1H3/t8-,10+/m0/s1. The van der Waals surface area contributed by atoms with Crippen LogP contribution >= 0.6 is 0 Å². The quantitative estimate of drug-likeness (QED) is 0.723. The molecular weight excluding hydrogens is 184 g/mol. The summed E-state index contributed by atoms with van der Waals surface area (Å²) in [6.45, 7) is 1.98. The van der Waals surface area contributed by atoms with Crippen LogP contribution < -0.4 is 0 Å². The minimum absolute atomic E-state index is 0.130. The topological polar surface area (TPSA) is 34.1 Å². The number of benzene rings is 1. The largest absolute Gasteiger partial charge is 0.223 e. The number of rotatable bonds is 2. The third kappa shape index (κ3) is 1.48. The van der Waals surface area contributed by atoms with Crippen LogP contribution in [0.25, 0.3) is 0 Å². The predicted octanol–water partition coefficient (Wildman–Crippen LogP) is 1.87. The Hall–Kier alpha value is -0.830. The van der Waals surface area contributed by atoms with Crippen LogP contribution in [0, 0.1) is 5.92 Å². The van der Waals surface area contributed by atoms with Crippen LogP contribution in [-0.2, 0) is 9.84 Å². The van der Waals surface area contributed by atoms with E-state index in [1.165, 1.54) is 0 Å². The van der Waals surface area contributed by atoms with Gasteiger partial charge in [0, 0.05) is 0 Å². The maximum atomic E-state index is 11.8. The van der Waals surface area contributed by atoms with E-state index in [9.17, 15) is 8.42 Å². The van der Waals surface area contributed by atoms with Crippen LogP contribution in [0.4, 0.5) is 0 Å². The molecule has 70 valence electrons. The van der Waals surface area contributed by atoms with Crippen molar-refractivity contribution in [1.82, 2.24) is 0 Å². The molecule has 1 saturated carbocycles. The molecule has 0 spiro atoms. The fraction of sp³-hybridized carbons (Fsp3) is 0.400. The molecule has 0 radical (unpaired) electrons. The maximum absolute atomic E-state index is 11.8. The Balaban J connectivity index is 2.36. The van der Waals surface area contributed by atoms with Gasteiger partial charge < -0.3 is 0 Å². The third-order valence-corrected chi connectivity index (χ3v) is 4.89. The second kappa shape index (κ2) is 2.84. The molecule has 2 atom stereocenters. The van der Waals surface area contributed by atoms with Gasteiger partial charge in [-0.05, 0) is 24.5 Å². The zero-order valence-electron chi connectivity index (χ0n) is 7.47. The van der Waals surface area contributed by atoms with Gasteiger partial charge in [0.15, 0.2) is 9.84 Å². The van der Waals surface area contributed by atoms with E-state index in [0.29, 0.717) is 10.8 Å². The predicted molar refractivity (Wildman–Crippen MR) is 51.2 cm³/mol. The van der Waals surface area contributed by atoms with Gasteiger partial charge in [0.1, 0.15) is 0 Å². The van der Waals surface area contributed by atoms with Gasteiger partial charge >= 0.3 is 0 Å². The van der Waals surface area contributed by atoms with Crippen molar-refractivity contribution < 1.29 is 8.42 Å². The molecule has 1 aromatic rings. The molecule has 1 aliphatic rings. The van der Waals surface area contributed by atoms with Gasteiger partial charge in [0.25, 0.3) is 0 Å². The van der Waals surface area contributed by atoms with Crippen molar-refractivity contribution in [3.8, 4) is 0 Å². The molecule has 0 aromatic heterocycles. The molecule has 0 unspecified atom stereocenters. The van der Waals surface area contributed by atoms with Gasteiger partial charge in [0.2, 0.25) is 0 Å². The van der Waals surface area contributed by atoms with Crippen molar-refractivity contribution in [2.24, 2.45) is 5.92 Å². The molecule has 0 saturated heterocycles. The summed E-state index contributed by atoms with van der Waals surface area (Å²) in [6.07, 6.45) is 0.817. The van der Waals surface area contributed by atoms with Crippen LogP contribution in [0.15, 0.2) is 35.2 Å². The molecule has 3 heteroatoms. The molecule has 2 rings (SSSR count). The van der Waals surface area contributed by atoms with Crippen molar-refractivity contribution in [2.45, 2.75) is 23.5 Å². The first kappa shape index (κ1) is 8.75. The Morgan fingerprint density at radius 2 is 1.77 bits per heavy atom. The monoisotopic (exact) mass is 196 g/mol. The highest BCUT2D eigenvalue weighted by Gasteiger charge is 2.44. The molecular formula is C10H12O2S. The maximum Gasteiger partial charge on any atom is 0.181 e. The summed E-state index contributed by atoms with van der Waals surface area (Å²) in [5, 5.41) is -0.130. The first-order chi connectivity index (χ1) is 6.12. The van der Waals surface area contributed by atoms with Crippen molar-refractivity contribution in [1.29, 1.82) is 0 Å². The minimum atomic E-state index is -3.01. The second-order valence-electron chi connectivity index (χ2n) is 3.61. The Morgan fingerprint density at radius 1 is 1.23 bits per heavy atom. The van der Waals surface area contributed by atoms with Gasteiger partial charge in [0.05, 0.1) is 10.1 Å². The molecule has 1 fully saturated rings. The fourth-order valence-electron chi connectivity index (χ4n) is 1.51. The van der Waals surface area contributed by atoms with Gasteiger partial charge in [-0.25, -0.2) is 8.42 Å². The molecule has 2 nitrogen and oxygen atoms in total. The molecule has 0 amide bonds. The van der Waals surface area contributed by atoms with Crippen LogP contribution in [0.2, 0.25) is 0 Å². The first-order valence-corrected chi connectivity index (χ1v) is 5.96. The minimum Gasteiger partial charge on any atom is -0.223 e. The van der Waals surface area contributed by atoms with Gasteiger partial charge in [-0.1, -0.05) is 25.1 Å². The second-order valence-corrected chi connectivity index (χ2v) is 5.78. The zero-order valence-corrected chi connectivity index (χ0v) is 8.29. The smallest absolute Gasteiger partial charge is 0.181 e. The molecule has 0 aliphatic heterocycles. The van der Waals surface area contributed by atoms with E-state index in [1.807, 2.05) is 13.0 Å². The SMILES string of the molecule is C[C@H]1C[C@H]1S(=O)(=O)c1ccccc1. The van der Waals surface area contributed by atoms with Gasteiger partial charge in [-0.15, -0.1) is 0 Å². The summed E-state index contributed by atoms with van der Waals surface area (Å²) in [4.78, 5) is 0.462. The summed E-state index contributed by atoms with van der Waals surface area (Å²) in [7, 11) is -3.01. The van der Waals surface area contributed by atoms with Crippen molar-refractivity contribution in [3.63, 3.8) is 0 Å². The van der Waals surface area contributed by atoms with E-state index >= 15 is 0 Å². The molecule has 1 aromatic carbocycles. The van der Waals surface area contributed by atoms with Crippen LogP contribution in [0.5, 0.6) is 0 Å². The lowest BCUT2D eigenvalue weighted by molar-refractivity contribution is 0.593. The van der Waals surface area contributed by atoms with E-state index in [1.54, 1.807) is 24.3 Å². The van der Waals surface area contributed by atoms with Crippen molar-refractivity contribution >= 4 is 9.84 Å². The summed E-state index contributed by atoms with van der Waals surface area (Å²) in [5.74, 6) is 0.338. The molecule has 0 heterocycles. The first-order valence-electron chi connectivity index (χ1n) is 4.41. The highest BCUT2D eigenvalue weighted by molar-refractivity contribution is 7.92. The highest BCUT2D eigenvalue weighted by Crippen LogP contribution is 2.39. The summed E-state index contributed by atoms with van der Waals surface area (Å²) < 4.78 is 23.6. The third-order valence-electron chi connectivity index (χ3n) is 2.51. The summed E-state index contributed by atoms with van der Waals surface area (Å²) in [6, 6.07) is 8.69. The number of hydrogen-bond donors (Lipinski definition) is 0. The number of sulfone groups is 1. The van der Waals surface area contributed by atoms with Crippen molar-refractivity contribution in [2.75, 3.05) is 0 Å². The molecule has 0 N–H and O–H groups in total. The lowest BCUT2D eigenvalue weighted by Crippen LogP contribution is -2.08. The van der Waals surface area contributed by atoms with Crippen molar-refractivity contribution in [3.05, 3.63) is 30.3 Å². The summed E-state index contributed by atoms with van der Waals surface area (Å²) >= 11 is 0. The van der Waals surface area contributed by atoms with E-state index in [4.69, 9.17) is 0 Å². The van der Waals surface area contributed by atoms with E-state index < -0.39 is 9.84 Å². The lowest BCUT2D eigenvalue weighted by Gasteiger charge is -2.01. The van der Waals surface area contributed by atoms with E-state index in [0.717, 1.165) is 6.42 Å². The fourth-order valence-corrected chi connectivity index (χ4v) is 3.56. The van der Waals surface area contributed by atoms with Gasteiger partial charge in [-0.3, -0.25) is 0 Å². The van der Waals surface area contributed by atoms with Crippen LogP contribution in [0.1, 0.15) is 13.3 Å². The Kier molecular flexibility index (Phi) is 1.91. The summed E-state index contributed by atoms with van der Waals surface area (Å²) in [5.41, 5.74) is 0. The average Bonchev–Trinajstić information content (AvgIpc) is 2.85. The van der Waals surface area contributed by atoms with Crippen LogP contribution in [0.3, 0.4) is 0 Å². The van der Waals surface area contributed by atoms with E-state index in [-0.39, 0.29) is 5.25 Å². The number of hydrogen-bond acceptors (Lipinski definition) is 2. The molecule has 1 aliphatic carbocycles. The highest BCUT2D eigenvalue weighted by atomic mass is 32.2. The molecule has 13 heavy (non-hydrogen) atoms. The van der Waals surface area contributed by atoms with E-state index in [2.05, 4.69) is 0 Å². The Labute approximate surface area is 78.5 Å². The normalized spacial score (nSPS) is 27.2. The average molecular weight is 196 g/mol. The Bertz CT molecular complexity index is 394. The zero-order chi connectivity index (χ0) is 9.47. The Morgan fingerprint density at radius 3 is 2.23 bits per heavy atom. The van der Waals surface area contributed by atoms with Gasteiger partial charge in [-0.2, -0.15) is 0 Å². The lowest BCUT2D eigenvalue weighted by atomic mass is 10.4. The molecule has 0 bridgehead atoms. The van der Waals surface area contributed by atoms with Crippen LogP contribution in [-0.4, -0.2) is 13.7 Å².